The lowest BCUT2D eigenvalue weighted by Crippen LogP contribution is -2.28. The van der Waals surface area contributed by atoms with Crippen molar-refractivity contribution in [3.05, 3.63) is 33.1 Å². The molecule has 1 unspecified atom stereocenters. The summed E-state index contributed by atoms with van der Waals surface area (Å²) < 4.78 is 32.4. The summed E-state index contributed by atoms with van der Waals surface area (Å²) in [6.45, 7) is 1.51. The Morgan fingerprint density at radius 2 is 2.35 bits per heavy atom. The molecule has 2 aromatic rings. The summed E-state index contributed by atoms with van der Waals surface area (Å²) in [6.07, 6.45) is 2.21. The standard InChI is InChI=1S/C11H13BrN2O4S2/c1-2-8(11-13-3-4-19-11)14-20(16,17)9-5-7(6-15)18-10(9)12/h3-5,8,14-15H,2,6H2,1H3. The SMILES string of the molecule is CCC(NS(=O)(=O)c1cc(CO)oc1Br)c1nccs1. The molecular weight excluding hydrogens is 368 g/mol. The molecule has 2 aromatic heterocycles. The van der Waals surface area contributed by atoms with E-state index < -0.39 is 10.0 Å². The first-order valence-electron chi connectivity index (χ1n) is 5.78. The minimum absolute atomic E-state index is 0.0310. The number of sulfonamides is 1. The van der Waals surface area contributed by atoms with E-state index in [-0.39, 0.29) is 28.0 Å². The molecule has 2 rings (SSSR count). The van der Waals surface area contributed by atoms with E-state index in [4.69, 9.17) is 9.52 Å². The Balaban J connectivity index is 2.28. The molecule has 0 saturated heterocycles. The van der Waals surface area contributed by atoms with Crippen LogP contribution in [-0.4, -0.2) is 18.5 Å². The van der Waals surface area contributed by atoms with E-state index in [0.29, 0.717) is 11.4 Å². The molecule has 0 fully saturated rings. The third kappa shape index (κ3) is 3.29. The Morgan fingerprint density at radius 1 is 1.60 bits per heavy atom. The number of nitrogens with zero attached hydrogens (tertiary/aromatic N) is 1. The molecule has 2 N–H and O–H groups in total. The van der Waals surface area contributed by atoms with E-state index >= 15 is 0 Å². The van der Waals surface area contributed by atoms with Crippen molar-refractivity contribution >= 4 is 37.3 Å². The number of aromatic nitrogens is 1. The molecule has 0 aliphatic heterocycles. The average Bonchev–Trinajstić information content (AvgIpc) is 3.05. The fourth-order valence-corrected chi connectivity index (χ4v) is 4.75. The van der Waals surface area contributed by atoms with Crippen molar-refractivity contribution in [1.82, 2.24) is 9.71 Å². The van der Waals surface area contributed by atoms with Gasteiger partial charge in [0.15, 0.2) is 4.67 Å². The molecular formula is C11H13BrN2O4S2. The summed E-state index contributed by atoms with van der Waals surface area (Å²) in [5.74, 6) is 0.180. The second-order valence-corrected chi connectivity index (χ2v) is 7.29. The third-order valence-corrected chi connectivity index (χ3v) is 5.82. The Morgan fingerprint density at radius 3 is 2.85 bits per heavy atom. The molecule has 0 spiro atoms. The largest absolute Gasteiger partial charge is 0.450 e. The topological polar surface area (TPSA) is 92.4 Å². The molecule has 2 heterocycles. The molecule has 0 radical (unpaired) electrons. The Kier molecular flexibility index (Phi) is 4.97. The number of furan rings is 1. The maximum atomic E-state index is 12.3. The number of nitrogens with one attached hydrogen (secondary N) is 1. The summed E-state index contributed by atoms with van der Waals surface area (Å²) in [5, 5.41) is 11.5. The zero-order chi connectivity index (χ0) is 14.8. The summed E-state index contributed by atoms with van der Waals surface area (Å²) in [7, 11) is -3.75. The molecule has 110 valence electrons. The van der Waals surface area contributed by atoms with Crippen LogP contribution in [0, 0.1) is 0 Å². The van der Waals surface area contributed by atoms with Crippen LogP contribution in [0.4, 0.5) is 0 Å². The Labute approximate surface area is 129 Å². The van der Waals surface area contributed by atoms with Crippen LogP contribution in [0.1, 0.15) is 30.2 Å². The smallest absolute Gasteiger partial charge is 0.245 e. The van der Waals surface area contributed by atoms with Gasteiger partial charge in [0.2, 0.25) is 10.0 Å². The van der Waals surface area contributed by atoms with E-state index in [1.54, 1.807) is 11.6 Å². The van der Waals surface area contributed by atoms with Gasteiger partial charge in [0.05, 0.1) is 6.04 Å². The van der Waals surface area contributed by atoms with E-state index in [9.17, 15) is 8.42 Å². The molecule has 0 aliphatic rings. The van der Waals surface area contributed by atoms with Crippen LogP contribution in [0.25, 0.3) is 0 Å². The van der Waals surface area contributed by atoms with Crippen LogP contribution in [0.15, 0.2) is 31.6 Å². The normalized spacial score (nSPS) is 13.6. The predicted octanol–water partition coefficient (Wildman–Crippen LogP) is 2.42. The number of aliphatic hydroxyl groups excluding tert-OH is 1. The van der Waals surface area contributed by atoms with E-state index in [0.717, 1.165) is 0 Å². The number of hydrogen-bond donors (Lipinski definition) is 2. The highest BCUT2D eigenvalue weighted by Gasteiger charge is 2.26. The minimum atomic E-state index is -3.75. The molecule has 6 nitrogen and oxygen atoms in total. The molecule has 0 bridgehead atoms. The van der Waals surface area contributed by atoms with Gasteiger partial charge in [-0.1, -0.05) is 6.92 Å². The van der Waals surface area contributed by atoms with Crippen molar-refractivity contribution in [2.45, 2.75) is 30.9 Å². The van der Waals surface area contributed by atoms with E-state index in [1.165, 1.54) is 17.4 Å². The van der Waals surface area contributed by atoms with Crippen molar-refractivity contribution < 1.29 is 17.9 Å². The first kappa shape index (κ1) is 15.6. The monoisotopic (exact) mass is 380 g/mol. The number of hydrogen-bond acceptors (Lipinski definition) is 6. The highest BCUT2D eigenvalue weighted by atomic mass is 79.9. The zero-order valence-corrected chi connectivity index (χ0v) is 13.8. The zero-order valence-electron chi connectivity index (χ0n) is 10.5. The average molecular weight is 381 g/mol. The van der Waals surface area contributed by atoms with Crippen molar-refractivity contribution in [3.8, 4) is 0 Å². The van der Waals surface area contributed by atoms with Gasteiger partial charge in [-0.05, 0) is 22.4 Å². The van der Waals surface area contributed by atoms with Gasteiger partial charge in [-0.3, -0.25) is 0 Å². The van der Waals surface area contributed by atoms with Crippen LogP contribution in [0.5, 0.6) is 0 Å². The van der Waals surface area contributed by atoms with Gasteiger partial charge < -0.3 is 9.52 Å². The minimum Gasteiger partial charge on any atom is -0.450 e. The molecule has 20 heavy (non-hydrogen) atoms. The van der Waals surface area contributed by atoms with Crippen molar-refractivity contribution in [3.63, 3.8) is 0 Å². The van der Waals surface area contributed by atoms with Crippen molar-refractivity contribution in [2.75, 3.05) is 0 Å². The highest BCUT2D eigenvalue weighted by molar-refractivity contribution is 9.10. The summed E-state index contributed by atoms with van der Waals surface area (Å²) in [5.41, 5.74) is 0. The Hall–Kier alpha value is -0.740. The van der Waals surface area contributed by atoms with Crippen molar-refractivity contribution in [1.29, 1.82) is 0 Å². The quantitative estimate of drug-likeness (QED) is 0.802. The third-order valence-electron chi connectivity index (χ3n) is 2.61. The molecule has 0 saturated carbocycles. The van der Waals surface area contributed by atoms with Gasteiger partial charge in [-0.2, -0.15) is 0 Å². The number of rotatable bonds is 6. The molecule has 1 atom stereocenters. The lowest BCUT2D eigenvalue weighted by molar-refractivity contribution is 0.245. The highest BCUT2D eigenvalue weighted by Crippen LogP contribution is 2.28. The fourth-order valence-electron chi connectivity index (χ4n) is 1.62. The van der Waals surface area contributed by atoms with Gasteiger partial charge in [0.1, 0.15) is 22.3 Å². The van der Waals surface area contributed by atoms with Crippen molar-refractivity contribution in [2.24, 2.45) is 0 Å². The molecule has 0 aromatic carbocycles. The van der Waals surface area contributed by atoms with Crippen LogP contribution in [0.3, 0.4) is 0 Å². The summed E-state index contributed by atoms with van der Waals surface area (Å²) in [4.78, 5) is 4.09. The van der Waals surface area contributed by atoms with Crippen LogP contribution in [-0.2, 0) is 16.6 Å². The number of halogens is 1. The Bertz CT molecular complexity index is 667. The molecule has 0 amide bonds. The van der Waals surface area contributed by atoms with Crippen LogP contribution < -0.4 is 4.72 Å². The maximum absolute atomic E-state index is 12.3. The number of aliphatic hydroxyl groups is 1. The van der Waals surface area contributed by atoms with Gasteiger partial charge in [0.25, 0.3) is 0 Å². The summed E-state index contributed by atoms with van der Waals surface area (Å²) in [6, 6.07) is 0.903. The van der Waals surface area contributed by atoms with Gasteiger partial charge in [0, 0.05) is 17.6 Å². The number of thiazole rings is 1. The lowest BCUT2D eigenvalue weighted by atomic mass is 10.3. The first-order valence-corrected chi connectivity index (χ1v) is 8.94. The molecule has 9 heteroatoms. The van der Waals surface area contributed by atoms with Gasteiger partial charge in [-0.25, -0.2) is 18.1 Å². The maximum Gasteiger partial charge on any atom is 0.245 e. The van der Waals surface area contributed by atoms with E-state index in [1.807, 2.05) is 6.92 Å². The van der Waals surface area contributed by atoms with E-state index in [2.05, 4.69) is 25.6 Å². The van der Waals surface area contributed by atoms with Gasteiger partial charge in [-0.15, -0.1) is 11.3 Å². The molecule has 0 aliphatic carbocycles. The lowest BCUT2D eigenvalue weighted by Gasteiger charge is -2.13. The second-order valence-electron chi connectivity index (χ2n) is 3.96. The first-order chi connectivity index (χ1) is 9.47. The van der Waals surface area contributed by atoms with Gasteiger partial charge >= 0.3 is 0 Å². The second kappa shape index (κ2) is 6.35. The fraction of sp³-hybridized carbons (Fsp3) is 0.364. The van der Waals surface area contributed by atoms with Crippen LogP contribution >= 0.6 is 27.3 Å². The summed E-state index contributed by atoms with van der Waals surface area (Å²) >= 11 is 4.44. The van der Waals surface area contributed by atoms with Crippen LogP contribution in [0.2, 0.25) is 0 Å². The predicted molar refractivity (Wildman–Crippen MR) is 77.8 cm³/mol.